The molecule has 0 aliphatic carbocycles. The van der Waals surface area contributed by atoms with Crippen LogP contribution < -0.4 is 0 Å². The lowest BCUT2D eigenvalue weighted by Gasteiger charge is -2.09. The van der Waals surface area contributed by atoms with Crippen molar-refractivity contribution in [3.8, 4) is 5.69 Å². The van der Waals surface area contributed by atoms with Crippen molar-refractivity contribution in [2.75, 3.05) is 0 Å². The van der Waals surface area contributed by atoms with Crippen molar-refractivity contribution >= 4 is 0 Å². The second kappa shape index (κ2) is 4.28. The molecule has 0 saturated carbocycles. The topological polar surface area (TPSA) is 38.0 Å². The lowest BCUT2D eigenvalue weighted by molar-refractivity contribution is 0.273. The fraction of sp³-hybridized carbons (Fsp3) is 0.250. The molecule has 3 nitrogen and oxygen atoms in total. The molecule has 0 aliphatic heterocycles. The Labute approximate surface area is 89.0 Å². The Morgan fingerprint density at radius 1 is 1.27 bits per heavy atom. The normalized spacial score (nSPS) is 10.5. The van der Waals surface area contributed by atoms with Crippen molar-refractivity contribution in [1.82, 2.24) is 9.78 Å². The van der Waals surface area contributed by atoms with Crippen LogP contribution in [0.2, 0.25) is 0 Å². The van der Waals surface area contributed by atoms with Crippen molar-refractivity contribution in [1.29, 1.82) is 0 Å². The second-order valence-corrected chi connectivity index (χ2v) is 3.37. The van der Waals surface area contributed by atoms with Gasteiger partial charge in [0.15, 0.2) is 0 Å². The minimum absolute atomic E-state index is 0.0120. The largest absolute Gasteiger partial charge is 0.390 e. The molecule has 3 heteroatoms. The molecule has 1 aromatic heterocycles. The monoisotopic (exact) mass is 202 g/mol. The summed E-state index contributed by atoms with van der Waals surface area (Å²) < 4.78 is 1.79. The summed E-state index contributed by atoms with van der Waals surface area (Å²) in [6, 6.07) is 9.93. The lowest BCUT2D eigenvalue weighted by Crippen LogP contribution is -2.04. The van der Waals surface area contributed by atoms with Crippen LogP contribution in [0.4, 0.5) is 0 Å². The van der Waals surface area contributed by atoms with Gasteiger partial charge in [-0.15, -0.1) is 0 Å². The molecule has 1 aromatic carbocycles. The molecule has 0 radical (unpaired) electrons. The van der Waals surface area contributed by atoms with Gasteiger partial charge in [0.1, 0.15) is 0 Å². The van der Waals surface area contributed by atoms with E-state index in [-0.39, 0.29) is 6.61 Å². The molecule has 0 amide bonds. The number of benzene rings is 1. The summed E-state index contributed by atoms with van der Waals surface area (Å²) in [6.07, 6.45) is 2.67. The number of hydrogen-bond acceptors (Lipinski definition) is 2. The van der Waals surface area contributed by atoms with Crippen molar-refractivity contribution < 1.29 is 5.11 Å². The van der Waals surface area contributed by atoms with Gasteiger partial charge in [0.25, 0.3) is 0 Å². The molecule has 0 spiro atoms. The zero-order valence-electron chi connectivity index (χ0n) is 8.72. The van der Waals surface area contributed by atoms with Gasteiger partial charge in [0.2, 0.25) is 0 Å². The van der Waals surface area contributed by atoms with E-state index in [4.69, 9.17) is 0 Å². The van der Waals surface area contributed by atoms with Crippen LogP contribution in [0.15, 0.2) is 36.5 Å². The summed E-state index contributed by atoms with van der Waals surface area (Å²) in [7, 11) is 0. The average molecular weight is 202 g/mol. The lowest BCUT2D eigenvalue weighted by atomic mass is 10.1. The highest BCUT2D eigenvalue weighted by Gasteiger charge is 2.06. The molecule has 78 valence electrons. The first-order valence-electron chi connectivity index (χ1n) is 5.09. The van der Waals surface area contributed by atoms with Crippen molar-refractivity contribution in [2.45, 2.75) is 20.0 Å². The van der Waals surface area contributed by atoms with E-state index in [1.54, 1.807) is 10.9 Å². The minimum atomic E-state index is 0.0120. The van der Waals surface area contributed by atoms with E-state index >= 15 is 0 Å². The number of aryl methyl sites for hydroxylation is 1. The van der Waals surface area contributed by atoms with Gasteiger partial charge >= 0.3 is 0 Å². The summed E-state index contributed by atoms with van der Waals surface area (Å²) in [4.78, 5) is 0. The molecule has 1 N–H and O–H groups in total. The van der Waals surface area contributed by atoms with E-state index in [0.29, 0.717) is 0 Å². The second-order valence-electron chi connectivity index (χ2n) is 3.37. The van der Waals surface area contributed by atoms with Crippen LogP contribution in [0.1, 0.15) is 18.2 Å². The first-order chi connectivity index (χ1) is 7.36. The molecule has 0 bridgehead atoms. The Hall–Kier alpha value is -1.61. The van der Waals surface area contributed by atoms with Gasteiger partial charge in [-0.05, 0) is 24.1 Å². The van der Waals surface area contributed by atoms with Gasteiger partial charge in [-0.1, -0.05) is 25.1 Å². The van der Waals surface area contributed by atoms with E-state index < -0.39 is 0 Å². The van der Waals surface area contributed by atoms with E-state index in [1.165, 1.54) is 5.56 Å². The van der Waals surface area contributed by atoms with Gasteiger partial charge in [-0.2, -0.15) is 5.10 Å². The first kappa shape index (κ1) is 9.93. The molecule has 1 heterocycles. The van der Waals surface area contributed by atoms with Crippen LogP contribution >= 0.6 is 0 Å². The third-order valence-electron chi connectivity index (χ3n) is 2.48. The minimum Gasteiger partial charge on any atom is -0.390 e. The average Bonchev–Trinajstić information content (AvgIpc) is 2.76. The van der Waals surface area contributed by atoms with Crippen molar-refractivity contribution in [2.24, 2.45) is 0 Å². The maximum absolute atomic E-state index is 9.17. The zero-order chi connectivity index (χ0) is 10.7. The number of hydrogen-bond donors (Lipinski definition) is 1. The number of aromatic nitrogens is 2. The summed E-state index contributed by atoms with van der Waals surface area (Å²) in [5, 5.41) is 13.4. The Kier molecular flexibility index (Phi) is 2.83. The summed E-state index contributed by atoms with van der Waals surface area (Å²) >= 11 is 0. The fourth-order valence-electron chi connectivity index (χ4n) is 1.68. The highest BCUT2D eigenvalue weighted by Crippen LogP contribution is 2.16. The van der Waals surface area contributed by atoms with Gasteiger partial charge in [-0.3, -0.25) is 0 Å². The molecule has 0 unspecified atom stereocenters. The highest BCUT2D eigenvalue weighted by atomic mass is 16.3. The summed E-state index contributed by atoms with van der Waals surface area (Å²) in [6.45, 7) is 2.12. The Bertz CT molecular complexity index is 448. The molecule has 0 aliphatic rings. The molecule has 0 saturated heterocycles. The number of para-hydroxylation sites is 1. The predicted octanol–water partition coefficient (Wildman–Crippen LogP) is 1.93. The standard InChI is InChI=1S/C12H14N2O/c1-2-10-5-3-4-6-12(10)14-11(9-15)7-8-13-14/h3-8,15H,2,9H2,1H3. The summed E-state index contributed by atoms with van der Waals surface area (Å²) in [5.41, 5.74) is 3.10. The maximum Gasteiger partial charge on any atom is 0.0854 e. The highest BCUT2D eigenvalue weighted by molar-refractivity contribution is 5.41. The van der Waals surface area contributed by atoms with Crippen LogP contribution in [0, 0.1) is 0 Å². The predicted molar refractivity (Wildman–Crippen MR) is 58.9 cm³/mol. The number of nitrogens with zero attached hydrogens (tertiary/aromatic N) is 2. The van der Waals surface area contributed by atoms with E-state index in [1.807, 2.05) is 24.3 Å². The summed E-state index contributed by atoms with van der Waals surface area (Å²) in [5.74, 6) is 0. The first-order valence-corrected chi connectivity index (χ1v) is 5.09. The van der Waals surface area contributed by atoms with Gasteiger partial charge in [-0.25, -0.2) is 4.68 Å². The third-order valence-corrected chi connectivity index (χ3v) is 2.48. The Balaban J connectivity index is 2.53. The van der Waals surface area contributed by atoms with Gasteiger partial charge in [0.05, 0.1) is 18.0 Å². The number of aliphatic hydroxyl groups excluding tert-OH is 1. The fourth-order valence-corrected chi connectivity index (χ4v) is 1.68. The van der Waals surface area contributed by atoms with E-state index in [0.717, 1.165) is 17.8 Å². The quantitative estimate of drug-likeness (QED) is 0.825. The zero-order valence-corrected chi connectivity index (χ0v) is 8.72. The van der Waals surface area contributed by atoms with Crippen molar-refractivity contribution in [3.63, 3.8) is 0 Å². The Morgan fingerprint density at radius 3 is 2.80 bits per heavy atom. The SMILES string of the molecule is CCc1ccccc1-n1nccc1CO. The Morgan fingerprint density at radius 2 is 2.07 bits per heavy atom. The van der Waals surface area contributed by atoms with Crippen LogP contribution in [-0.4, -0.2) is 14.9 Å². The maximum atomic E-state index is 9.17. The van der Waals surface area contributed by atoms with Crippen LogP contribution in [0.25, 0.3) is 5.69 Å². The van der Waals surface area contributed by atoms with Crippen molar-refractivity contribution in [3.05, 3.63) is 47.8 Å². The van der Waals surface area contributed by atoms with E-state index in [2.05, 4.69) is 18.1 Å². The molecular weight excluding hydrogens is 188 g/mol. The van der Waals surface area contributed by atoms with Gasteiger partial charge < -0.3 is 5.11 Å². The molecule has 15 heavy (non-hydrogen) atoms. The number of aliphatic hydroxyl groups is 1. The van der Waals surface area contributed by atoms with Crippen LogP contribution in [0.5, 0.6) is 0 Å². The van der Waals surface area contributed by atoms with Crippen LogP contribution in [-0.2, 0) is 13.0 Å². The molecular formula is C12H14N2O. The third kappa shape index (κ3) is 1.78. The molecule has 2 aromatic rings. The molecule has 2 rings (SSSR count). The van der Waals surface area contributed by atoms with Crippen LogP contribution in [0.3, 0.4) is 0 Å². The number of rotatable bonds is 3. The van der Waals surface area contributed by atoms with Gasteiger partial charge in [0, 0.05) is 6.20 Å². The molecule has 0 atom stereocenters. The molecule has 0 fully saturated rings. The van der Waals surface area contributed by atoms with E-state index in [9.17, 15) is 5.11 Å². The smallest absolute Gasteiger partial charge is 0.0854 e.